The maximum absolute atomic E-state index is 12.3. The molecule has 1 amide bonds. The van der Waals surface area contributed by atoms with E-state index in [0.29, 0.717) is 18.5 Å². The molecule has 3 rings (SSSR count). The van der Waals surface area contributed by atoms with Gasteiger partial charge in [0.05, 0.1) is 4.90 Å². The van der Waals surface area contributed by atoms with Crippen LogP contribution in [0.2, 0.25) is 0 Å². The van der Waals surface area contributed by atoms with Crippen LogP contribution in [0.3, 0.4) is 0 Å². The Labute approximate surface area is 159 Å². The van der Waals surface area contributed by atoms with Crippen LogP contribution in [0.4, 0.5) is 0 Å². The van der Waals surface area contributed by atoms with E-state index in [2.05, 4.69) is 20.1 Å². The average molecular weight is 391 g/mol. The summed E-state index contributed by atoms with van der Waals surface area (Å²) in [5, 5.41) is 11.4. The fourth-order valence-corrected chi connectivity index (χ4v) is 4.01. The number of hydrogen-bond donors (Lipinski definition) is 1. The first-order valence-electron chi connectivity index (χ1n) is 9.11. The Morgan fingerprint density at radius 2 is 1.89 bits per heavy atom. The highest BCUT2D eigenvalue weighted by Crippen LogP contribution is 2.15. The van der Waals surface area contributed by atoms with Gasteiger partial charge in [0.2, 0.25) is 10.0 Å². The zero-order chi connectivity index (χ0) is 19.4. The van der Waals surface area contributed by atoms with Gasteiger partial charge < -0.3 is 9.88 Å². The van der Waals surface area contributed by atoms with Crippen molar-refractivity contribution in [1.29, 1.82) is 0 Å². The number of amides is 1. The Morgan fingerprint density at radius 1 is 1.15 bits per heavy atom. The number of fused-ring (bicyclic) bond motifs is 1. The third-order valence-electron chi connectivity index (χ3n) is 4.72. The molecule has 0 spiro atoms. The lowest BCUT2D eigenvalue weighted by Gasteiger charge is -2.12. The smallest absolute Gasteiger partial charge is 0.251 e. The number of sulfonamides is 1. The van der Waals surface area contributed by atoms with Crippen molar-refractivity contribution in [1.82, 2.24) is 24.4 Å². The first-order valence-corrected chi connectivity index (χ1v) is 10.6. The van der Waals surface area contributed by atoms with E-state index >= 15 is 0 Å². The van der Waals surface area contributed by atoms with Gasteiger partial charge in [-0.2, -0.15) is 0 Å². The standard InChI is InChI=1S/C18H25N5O3S/c1-22(2)27(25,26)15-9-7-14(8-10-15)18(24)19-12-11-17-21-20-16-6-4-3-5-13-23(16)17/h7-10H,3-6,11-13H2,1-2H3,(H,19,24). The molecule has 1 aliphatic heterocycles. The van der Waals surface area contributed by atoms with E-state index in [1.165, 1.54) is 44.8 Å². The van der Waals surface area contributed by atoms with Crippen molar-refractivity contribution >= 4 is 15.9 Å². The molecule has 2 heterocycles. The van der Waals surface area contributed by atoms with E-state index in [1.807, 2.05) is 0 Å². The predicted molar refractivity (Wildman–Crippen MR) is 101 cm³/mol. The number of carbonyl (C=O) groups is 1. The number of nitrogens with zero attached hydrogens (tertiary/aromatic N) is 4. The van der Waals surface area contributed by atoms with Crippen LogP contribution in [0.5, 0.6) is 0 Å². The first-order chi connectivity index (χ1) is 12.9. The summed E-state index contributed by atoms with van der Waals surface area (Å²) in [5.74, 6) is 1.70. The van der Waals surface area contributed by atoms with Crippen molar-refractivity contribution in [2.45, 2.75) is 43.5 Å². The average Bonchev–Trinajstić information content (AvgIpc) is 2.88. The van der Waals surface area contributed by atoms with Crippen LogP contribution in [0.25, 0.3) is 0 Å². The second-order valence-corrected chi connectivity index (χ2v) is 8.96. The lowest BCUT2D eigenvalue weighted by atomic mass is 10.2. The SMILES string of the molecule is CN(C)S(=O)(=O)c1ccc(C(=O)NCCc2nnc3n2CCCCC3)cc1. The van der Waals surface area contributed by atoms with Gasteiger partial charge in [0.25, 0.3) is 5.91 Å². The van der Waals surface area contributed by atoms with Gasteiger partial charge in [0, 0.05) is 45.6 Å². The van der Waals surface area contributed by atoms with Crippen molar-refractivity contribution in [2.24, 2.45) is 0 Å². The van der Waals surface area contributed by atoms with Gasteiger partial charge in [-0.1, -0.05) is 6.42 Å². The van der Waals surface area contributed by atoms with Gasteiger partial charge >= 0.3 is 0 Å². The van der Waals surface area contributed by atoms with Crippen molar-refractivity contribution in [3.05, 3.63) is 41.5 Å². The molecule has 0 saturated heterocycles. The van der Waals surface area contributed by atoms with Crippen LogP contribution in [0, 0.1) is 0 Å². The molecular weight excluding hydrogens is 366 g/mol. The lowest BCUT2D eigenvalue weighted by molar-refractivity contribution is 0.0953. The zero-order valence-electron chi connectivity index (χ0n) is 15.7. The molecule has 9 heteroatoms. The maximum atomic E-state index is 12.3. The van der Waals surface area contributed by atoms with Crippen LogP contribution in [-0.4, -0.2) is 54.0 Å². The van der Waals surface area contributed by atoms with Gasteiger partial charge in [-0.05, 0) is 37.1 Å². The van der Waals surface area contributed by atoms with Gasteiger partial charge in [-0.25, -0.2) is 12.7 Å². The van der Waals surface area contributed by atoms with Crippen LogP contribution in [0.15, 0.2) is 29.2 Å². The lowest BCUT2D eigenvalue weighted by Crippen LogP contribution is -2.27. The number of carbonyl (C=O) groups excluding carboxylic acids is 1. The molecule has 8 nitrogen and oxygen atoms in total. The van der Waals surface area contributed by atoms with Crippen molar-refractivity contribution in [3.63, 3.8) is 0 Å². The normalized spacial score (nSPS) is 14.6. The maximum Gasteiger partial charge on any atom is 0.251 e. The summed E-state index contributed by atoms with van der Waals surface area (Å²) >= 11 is 0. The van der Waals surface area contributed by atoms with Crippen molar-refractivity contribution in [2.75, 3.05) is 20.6 Å². The van der Waals surface area contributed by atoms with Crippen LogP contribution >= 0.6 is 0 Å². The van der Waals surface area contributed by atoms with E-state index in [0.717, 1.165) is 41.8 Å². The number of aromatic nitrogens is 3. The monoisotopic (exact) mass is 391 g/mol. The molecule has 0 aliphatic carbocycles. The van der Waals surface area contributed by atoms with E-state index < -0.39 is 10.0 Å². The van der Waals surface area contributed by atoms with Gasteiger partial charge in [-0.3, -0.25) is 4.79 Å². The van der Waals surface area contributed by atoms with Crippen LogP contribution < -0.4 is 5.32 Å². The van der Waals surface area contributed by atoms with Crippen LogP contribution in [-0.2, 0) is 29.4 Å². The summed E-state index contributed by atoms with van der Waals surface area (Å²) in [5.41, 5.74) is 0.424. The van der Waals surface area contributed by atoms with E-state index in [1.54, 1.807) is 0 Å². The second kappa shape index (κ2) is 8.18. The highest BCUT2D eigenvalue weighted by atomic mass is 32.2. The summed E-state index contributed by atoms with van der Waals surface area (Å²) in [6, 6.07) is 5.94. The van der Waals surface area contributed by atoms with Crippen LogP contribution in [0.1, 0.15) is 41.3 Å². The Bertz CT molecular complexity index is 904. The second-order valence-electron chi connectivity index (χ2n) is 6.81. The molecule has 0 fully saturated rings. The molecule has 2 aromatic rings. The van der Waals surface area contributed by atoms with Gasteiger partial charge in [0.1, 0.15) is 11.6 Å². The quantitative estimate of drug-likeness (QED) is 0.799. The molecule has 0 atom stereocenters. The fourth-order valence-electron chi connectivity index (χ4n) is 3.11. The molecular formula is C18H25N5O3S. The highest BCUT2D eigenvalue weighted by molar-refractivity contribution is 7.89. The van der Waals surface area contributed by atoms with Crippen molar-refractivity contribution < 1.29 is 13.2 Å². The molecule has 1 aliphatic rings. The predicted octanol–water partition coefficient (Wildman–Crippen LogP) is 1.23. The Kier molecular flexibility index (Phi) is 5.91. The topological polar surface area (TPSA) is 97.2 Å². The Hall–Kier alpha value is -2.26. The van der Waals surface area contributed by atoms with E-state index in [-0.39, 0.29) is 10.8 Å². The summed E-state index contributed by atoms with van der Waals surface area (Å²) in [6.45, 7) is 1.39. The minimum atomic E-state index is -3.49. The minimum absolute atomic E-state index is 0.162. The number of hydrogen-bond acceptors (Lipinski definition) is 5. The first kappa shape index (κ1) is 19.5. The third-order valence-corrected chi connectivity index (χ3v) is 6.54. The molecule has 0 saturated carbocycles. The molecule has 1 N–H and O–H groups in total. The highest BCUT2D eigenvalue weighted by Gasteiger charge is 2.18. The Morgan fingerprint density at radius 3 is 2.59 bits per heavy atom. The number of rotatable bonds is 6. The molecule has 27 heavy (non-hydrogen) atoms. The minimum Gasteiger partial charge on any atom is -0.352 e. The molecule has 0 unspecified atom stereocenters. The zero-order valence-corrected chi connectivity index (χ0v) is 16.5. The molecule has 0 bridgehead atoms. The van der Waals surface area contributed by atoms with E-state index in [4.69, 9.17) is 0 Å². The molecule has 1 aromatic carbocycles. The molecule has 146 valence electrons. The van der Waals surface area contributed by atoms with Crippen molar-refractivity contribution in [3.8, 4) is 0 Å². The Balaban J connectivity index is 1.58. The summed E-state index contributed by atoms with van der Waals surface area (Å²) in [4.78, 5) is 12.5. The number of benzene rings is 1. The summed E-state index contributed by atoms with van der Waals surface area (Å²) < 4.78 is 27.4. The molecule has 0 radical (unpaired) electrons. The number of nitrogens with one attached hydrogen (secondary N) is 1. The van der Waals surface area contributed by atoms with Gasteiger partial charge in [-0.15, -0.1) is 10.2 Å². The fraction of sp³-hybridized carbons (Fsp3) is 0.500. The largest absolute Gasteiger partial charge is 0.352 e. The van der Waals surface area contributed by atoms with Gasteiger partial charge in [0.15, 0.2) is 0 Å². The molecule has 1 aromatic heterocycles. The summed E-state index contributed by atoms with van der Waals surface area (Å²) in [7, 11) is -0.547. The number of aryl methyl sites for hydroxylation is 1. The van der Waals surface area contributed by atoms with E-state index in [9.17, 15) is 13.2 Å². The third kappa shape index (κ3) is 4.36. The summed E-state index contributed by atoms with van der Waals surface area (Å²) in [6.07, 6.45) is 5.06.